The maximum absolute atomic E-state index is 11.7. The summed E-state index contributed by atoms with van der Waals surface area (Å²) < 4.78 is 0. The molecule has 0 unspecified atom stereocenters. The van der Waals surface area contributed by atoms with E-state index in [2.05, 4.69) is 10.8 Å². The zero-order valence-corrected chi connectivity index (χ0v) is 11.7. The standard InChI is InChI=1S/C14H20N2O4/c1-3-14(4-2,12(17)18)15-13(19)16-20-10-11-8-6-5-7-9-11/h5-9H,3-4,10H2,1-2H3,(H,17,18)(H2,15,16,19). The summed E-state index contributed by atoms with van der Waals surface area (Å²) in [5.74, 6) is -1.05. The van der Waals surface area contributed by atoms with E-state index in [1.54, 1.807) is 13.8 Å². The molecule has 0 radical (unpaired) electrons. The molecule has 0 bridgehead atoms. The van der Waals surface area contributed by atoms with E-state index in [1.807, 2.05) is 30.3 Å². The lowest BCUT2D eigenvalue weighted by molar-refractivity contribution is -0.144. The minimum absolute atomic E-state index is 0.215. The number of hydroxylamine groups is 1. The molecular weight excluding hydrogens is 260 g/mol. The second-order valence-electron chi connectivity index (χ2n) is 4.42. The lowest BCUT2D eigenvalue weighted by Gasteiger charge is -2.27. The third-order valence-corrected chi connectivity index (χ3v) is 3.22. The summed E-state index contributed by atoms with van der Waals surface area (Å²) in [5, 5.41) is 11.6. The van der Waals surface area contributed by atoms with Crippen LogP contribution in [0.25, 0.3) is 0 Å². The van der Waals surface area contributed by atoms with Crippen LogP contribution < -0.4 is 10.8 Å². The molecule has 1 aromatic rings. The molecule has 0 saturated heterocycles. The van der Waals surface area contributed by atoms with Crippen molar-refractivity contribution in [2.75, 3.05) is 0 Å². The molecule has 0 spiro atoms. The van der Waals surface area contributed by atoms with Crippen molar-refractivity contribution in [3.63, 3.8) is 0 Å². The smallest absolute Gasteiger partial charge is 0.339 e. The van der Waals surface area contributed by atoms with Crippen LogP contribution in [0, 0.1) is 0 Å². The number of hydrogen-bond acceptors (Lipinski definition) is 3. The highest BCUT2D eigenvalue weighted by atomic mass is 16.7. The predicted molar refractivity (Wildman–Crippen MR) is 73.8 cm³/mol. The zero-order valence-electron chi connectivity index (χ0n) is 11.7. The number of nitrogens with one attached hydrogen (secondary N) is 2. The zero-order chi connectivity index (χ0) is 15.0. The second-order valence-corrected chi connectivity index (χ2v) is 4.42. The van der Waals surface area contributed by atoms with E-state index in [9.17, 15) is 14.7 Å². The predicted octanol–water partition coefficient (Wildman–Crippen LogP) is 2.06. The SMILES string of the molecule is CCC(CC)(NC(=O)NOCc1ccccc1)C(=O)O. The van der Waals surface area contributed by atoms with Crippen LogP contribution in [0.5, 0.6) is 0 Å². The Morgan fingerprint density at radius 1 is 1.20 bits per heavy atom. The first-order chi connectivity index (χ1) is 9.54. The van der Waals surface area contributed by atoms with Gasteiger partial charge in [-0.1, -0.05) is 44.2 Å². The summed E-state index contributed by atoms with van der Waals surface area (Å²) in [4.78, 5) is 27.9. The quantitative estimate of drug-likeness (QED) is 0.667. The molecule has 0 aliphatic rings. The van der Waals surface area contributed by atoms with E-state index in [0.29, 0.717) is 12.8 Å². The van der Waals surface area contributed by atoms with E-state index in [4.69, 9.17) is 4.84 Å². The number of rotatable bonds is 7. The molecule has 6 heteroatoms. The van der Waals surface area contributed by atoms with E-state index in [0.717, 1.165) is 5.56 Å². The molecule has 0 heterocycles. The Morgan fingerprint density at radius 3 is 2.30 bits per heavy atom. The molecule has 1 rings (SSSR count). The molecular formula is C14H20N2O4. The number of urea groups is 1. The lowest BCUT2D eigenvalue weighted by atomic mass is 9.93. The van der Waals surface area contributed by atoms with Gasteiger partial charge in [-0.3, -0.25) is 4.84 Å². The van der Waals surface area contributed by atoms with Crippen molar-refractivity contribution in [2.45, 2.75) is 38.8 Å². The van der Waals surface area contributed by atoms with Crippen LogP contribution in [-0.4, -0.2) is 22.6 Å². The number of benzene rings is 1. The lowest BCUT2D eigenvalue weighted by Crippen LogP contribution is -2.56. The summed E-state index contributed by atoms with van der Waals surface area (Å²) in [7, 11) is 0. The fourth-order valence-electron chi connectivity index (χ4n) is 1.78. The first-order valence-electron chi connectivity index (χ1n) is 6.51. The number of carboxylic acids is 1. The average Bonchev–Trinajstić information content (AvgIpc) is 2.45. The molecule has 0 aliphatic carbocycles. The fraction of sp³-hybridized carbons (Fsp3) is 0.429. The van der Waals surface area contributed by atoms with E-state index < -0.39 is 17.5 Å². The van der Waals surface area contributed by atoms with Crippen molar-refractivity contribution < 1.29 is 19.5 Å². The van der Waals surface area contributed by atoms with Gasteiger partial charge in [0.2, 0.25) is 0 Å². The van der Waals surface area contributed by atoms with Crippen molar-refractivity contribution in [1.29, 1.82) is 0 Å². The van der Waals surface area contributed by atoms with Crippen LogP contribution in [0.15, 0.2) is 30.3 Å². The molecule has 0 aromatic heterocycles. The minimum atomic E-state index is -1.26. The second kappa shape index (κ2) is 7.49. The monoisotopic (exact) mass is 280 g/mol. The molecule has 2 amide bonds. The summed E-state index contributed by atoms with van der Waals surface area (Å²) in [5.41, 5.74) is 1.84. The van der Waals surface area contributed by atoms with Gasteiger partial charge in [0, 0.05) is 0 Å². The third kappa shape index (κ3) is 4.24. The number of carboxylic acid groups (broad SMARTS) is 1. The Hall–Kier alpha value is -2.08. The highest BCUT2D eigenvalue weighted by molar-refractivity contribution is 5.85. The largest absolute Gasteiger partial charge is 0.480 e. The highest BCUT2D eigenvalue weighted by Crippen LogP contribution is 2.15. The molecule has 20 heavy (non-hydrogen) atoms. The molecule has 1 aromatic carbocycles. The summed E-state index contributed by atoms with van der Waals surface area (Å²) >= 11 is 0. The maximum Gasteiger partial charge on any atom is 0.339 e. The van der Waals surface area contributed by atoms with Crippen molar-refractivity contribution in [1.82, 2.24) is 10.8 Å². The molecule has 0 fully saturated rings. The van der Waals surface area contributed by atoms with E-state index >= 15 is 0 Å². The molecule has 110 valence electrons. The Kier molecular flexibility index (Phi) is 5.99. The Bertz CT molecular complexity index is 444. The van der Waals surface area contributed by atoms with Crippen LogP contribution >= 0.6 is 0 Å². The molecule has 6 nitrogen and oxygen atoms in total. The average molecular weight is 280 g/mol. The van der Waals surface area contributed by atoms with Crippen molar-refractivity contribution in [2.24, 2.45) is 0 Å². The fourth-order valence-corrected chi connectivity index (χ4v) is 1.78. The van der Waals surface area contributed by atoms with Gasteiger partial charge in [0.25, 0.3) is 0 Å². The first-order valence-corrected chi connectivity index (χ1v) is 6.51. The summed E-state index contributed by atoms with van der Waals surface area (Å²) in [6, 6.07) is 8.67. The van der Waals surface area contributed by atoms with Gasteiger partial charge in [-0.25, -0.2) is 15.1 Å². The number of carbonyl (C=O) groups is 2. The summed E-state index contributed by atoms with van der Waals surface area (Å²) in [6.07, 6.45) is 0.593. The van der Waals surface area contributed by atoms with Gasteiger partial charge in [-0.2, -0.15) is 0 Å². The van der Waals surface area contributed by atoms with Crippen LogP contribution in [0.2, 0.25) is 0 Å². The van der Waals surface area contributed by atoms with Gasteiger partial charge in [0.1, 0.15) is 5.54 Å². The van der Waals surface area contributed by atoms with E-state index in [-0.39, 0.29) is 6.61 Å². The van der Waals surface area contributed by atoms with Gasteiger partial charge in [-0.05, 0) is 18.4 Å². The summed E-state index contributed by atoms with van der Waals surface area (Å²) in [6.45, 7) is 3.64. The normalized spacial score (nSPS) is 10.9. The maximum atomic E-state index is 11.7. The Balaban J connectivity index is 2.45. The highest BCUT2D eigenvalue weighted by Gasteiger charge is 2.36. The topological polar surface area (TPSA) is 87.7 Å². The molecule has 0 saturated carbocycles. The first kappa shape index (κ1) is 16.0. The van der Waals surface area contributed by atoms with Gasteiger partial charge in [0.15, 0.2) is 0 Å². The Morgan fingerprint density at radius 2 is 1.80 bits per heavy atom. The number of amides is 2. The van der Waals surface area contributed by atoms with Crippen molar-refractivity contribution in [3.05, 3.63) is 35.9 Å². The number of hydrogen-bond donors (Lipinski definition) is 3. The number of carbonyl (C=O) groups excluding carboxylic acids is 1. The van der Waals surface area contributed by atoms with Crippen LogP contribution in [0.3, 0.4) is 0 Å². The van der Waals surface area contributed by atoms with Crippen molar-refractivity contribution >= 4 is 12.0 Å². The van der Waals surface area contributed by atoms with Gasteiger partial charge in [-0.15, -0.1) is 0 Å². The van der Waals surface area contributed by atoms with Gasteiger partial charge in [0.05, 0.1) is 6.61 Å². The minimum Gasteiger partial charge on any atom is -0.480 e. The van der Waals surface area contributed by atoms with E-state index in [1.165, 1.54) is 0 Å². The van der Waals surface area contributed by atoms with Gasteiger partial charge < -0.3 is 10.4 Å². The van der Waals surface area contributed by atoms with Crippen LogP contribution in [0.4, 0.5) is 4.79 Å². The number of aliphatic carboxylic acids is 1. The van der Waals surface area contributed by atoms with Crippen LogP contribution in [0.1, 0.15) is 32.3 Å². The third-order valence-electron chi connectivity index (χ3n) is 3.22. The van der Waals surface area contributed by atoms with Crippen LogP contribution in [-0.2, 0) is 16.2 Å². The van der Waals surface area contributed by atoms with Gasteiger partial charge >= 0.3 is 12.0 Å². The Labute approximate surface area is 118 Å². The van der Waals surface area contributed by atoms with Crippen molar-refractivity contribution in [3.8, 4) is 0 Å². The molecule has 0 atom stereocenters. The molecule has 3 N–H and O–H groups in total. The molecule has 0 aliphatic heterocycles.